The predicted octanol–water partition coefficient (Wildman–Crippen LogP) is 3.21. The van der Waals surface area contributed by atoms with Crippen LogP contribution in [0.3, 0.4) is 0 Å². The minimum absolute atomic E-state index is 0.00603. The highest BCUT2D eigenvalue weighted by Gasteiger charge is 2.54. The Balaban J connectivity index is 1.73. The Hall–Kier alpha value is -1.10. The molecular formula is C23H40N2O3. The van der Waals surface area contributed by atoms with E-state index in [1.54, 1.807) is 0 Å². The van der Waals surface area contributed by atoms with Gasteiger partial charge in [-0.15, -0.1) is 0 Å². The summed E-state index contributed by atoms with van der Waals surface area (Å²) in [5, 5.41) is 14.7. The second kappa shape index (κ2) is 8.33. The molecule has 3 fully saturated rings. The van der Waals surface area contributed by atoms with E-state index in [4.69, 9.17) is 0 Å². The molecule has 2 N–H and O–H groups in total. The Labute approximate surface area is 170 Å². The third kappa shape index (κ3) is 3.96. The Morgan fingerprint density at radius 2 is 1.75 bits per heavy atom. The van der Waals surface area contributed by atoms with Crippen LogP contribution in [0.4, 0.5) is 0 Å². The molecule has 3 aliphatic carbocycles. The van der Waals surface area contributed by atoms with Gasteiger partial charge in [-0.05, 0) is 75.5 Å². The first kappa shape index (κ1) is 21.6. The average Bonchev–Trinajstić information content (AvgIpc) is 3.50. The first-order valence-electron chi connectivity index (χ1n) is 11.5. The maximum Gasteiger partial charge on any atom is 0.225 e. The average molecular weight is 393 g/mol. The van der Waals surface area contributed by atoms with Gasteiger partial charge in [-0.3, -0.25) is 9.59 Å². The Bertz CT molecular complexity index is 586. The van der Waals surface area contributed by atoms with Crippen LogP contribution in [0.2, 0.25) is 0 Å². The lowest BCUT2D eigenvalue weighted by atomic mass is 9.51. The molecule has 3 saturated carbocycles. The molecule has 1 unspecified atom stereocenters. The highest BCUT2D eigenvalue weighted by atomic mass is 16.3. The Kier molecular flexibility index (Phi) is 6.43. The molecule has 0 heterocycles. The minimum atomic E-state index is -0.483. The topological polar surface area (TPSA) is 69.6 Å². The molecule has 160 valence electrons. The molecular weight excluding hydrogens is 352 g/mol. The monoisotopic (exact) mass is 392 g/mol. The first-order valence-corrected chi connectivity index (χ1v) is 11.5. The van der Waals surface area contributed by atoms with Crippen LogP contribution < -0.4 is 5.32 Å². The third-order valence-corrected chi connectivity index (χ3v) is 8.27. The van der Waals surface area contributed by atoms with Gasteiger partial charge >= 0.3 is 0 Å². The van der Waals surface area contributed by atoms with Gasteiger partial charge in [-0.2, -0.15) is 0 Å². The lowest BCUT2D eigenvalue weighted by molar-refractivity contribution is -0.150. The van der Waals surface area contributed by atoms with Crippen LogP contribution in [0.1, 0.15) is 73.1 Å². The molecule has 5 nitrogen and oxygen atoms in total. The molecule has 2 amide bonds. The number of aliphatic hydroxyl groups excluding tert-OH is 1. The zero-order valence-electron chi connectivity index (χ0n) is 18.4. The Morgan fingerprint density at radius 1 is 1.14 bits per heavy atom. The van der Waals surface area contributed by atoms with Crippen molar-refractivity contribution in [1.82, 2.24) is 10.2 Å². The molecule has 5 heteroatoms. The molecule has 0 bridgehead atoms. The van der Waals surface area contributed by atoms with Crippen molar-refractivity contribution in [2.45, 2.75) is 85.3 Å². The van der Waals surface area contributed by atoms with Crippen molar-refractivity contribution < 1.29 is 14.7 Å². The second-order valence-corrected chi connectivity index (χ2v) is 9.96. The molecule has 7 atom stereocenters. The predicted molar refractivity (Wildman–Crippen MR) is 110 cm³/mol. The smallest absolute Gasteiger partial charge is 0.225 e. The molecule has 3 aliphatic rings. The number of rotatable bonds is 6. The van der Waals surface area contributed by atoms with Crippen molar-refractivity contribution in [2.75, 3.05) is 13.1 Å². The fourth-order valence-corrected chi connectivity index (χ4v) is 6.15. The van der Waals surface area contributed by atoms with Crippen LogP contribution in [-0.2, 0) is 9.59 Å². The van der Waals surface area contributed by atoms with E-state index >= 15 is 0 Å². The molecule has 0 aliphatic heterocycles. The van der Waals surface area contributed by atoms with E-state index in [1.165, 1.54) is 0 Å². The van der Waals surface area contributed by atoms with Crippen molar-refractivity contribution in [3.8, 4) is 0 Å². The van der Waals surface area contributed by atoms with E-state index < -0.39 is 6.10 Å². The summed E-state index contributed by atoms with van der Waals surface area (Å²) in [6, 6.07) is 0.147. The van der Waals surface area contributed by atoms with Crippen LogP contribution >= 0.6 is 0 Å². The normalized spacial score (nSPS) is 39.0. The summed E-state index contributed by atoms with van der Waals surface area (Å²) < 4.78 is 0. The Morgan fingerprint density at radius 3 is 2.32 bits per heavy atom. The van der Waals surface area contributed by atoms with Crippen LogP contribution in [0.25, 0.3) is 0 Å². The van der Waals surface area contributed by atoms with Gasteiger partial charge in [0.05, 0.1) is 6.10 Å². The second-order valence-electron chi connectivity index (χ2n) is 9.96. The summed E-state index contributed by atoms with van der Waals surface area (Å²) in [5.74, 6) is 0.800. The molecule has 0 aromatic carbocycles. The highest BCUT2D eigenvalue weighted by molar-refractivity contribution is 5.81. The van der Waals surface area contributed by atoms with E-state index in [0.29, 0.717) is 0 Å². The summed E-state index contributed by atoms with van der Waals surface area (Å²) in [4.78, 5) is 27.1. The molecule has 0 radical (unpaired) electrons. The van der Waals surface area contributed by atoms with Crippen LogP contribution in [0.5, 0.6) is 0 Å². The number of nitrogens with one attached hydrogen (secondary N) is 1. The largest absolute Gasteiger partial charge is 0.392 e. The summed E-state index contributed by atoms with van der Waals surface area (Å²) in [6.45, 7) is 12.0. The summed E-state index contributed by atoms with van der Waals surface area (Å²) >= 11 is 0. The van der Waals surface area contributed by atoms with Gasteiger partial charge in [0.1, 0.15) is 0 Å². The lowest BCUT2D eigenvalue weighted by Gasteiger charge is -2.56. The van der Waals surface area contributed by atoms with Crippen molar-refractivity contribution in [1.29, 1.82) is 0 Å². The number of carbonyl (C=O) groups excluding carboxylic acids is 2. The maximum absolute atomic E-state index is 12.9. The molecule has 0 aromatic rings. The summed E-state index contributed by atoms with van der Waals surface area (Å²) in [6.07, 6.45) is 5.56. The zero-order chi connectivity index (χ0) is 20.6. The van der Waals surface area contributed by atoms with Crippen molar-refractivity contribution in [3.63, 3.8) is 0 Å². The quantitative estimate of drug-likeness (QED) is 0.729. The fraction of sp³-hybridized carbons (Fsp3) is 0.913. The van der Waals surface area contributed by atoms with Gasteiger partial charge in [0.15, 0.2) is 0 Å². The first-order chi connectivity index (χ1) is 13.2. The van der Waals surface area contributed by atoms with Crippen molar-refractivity contribution in [3.05, 3.63) is 0 Å². The van der Waals surface area contributed by atoms with Gasteiger partial charge < -0.3 is 15.3 Å². The lowest BCUT2D eigenvalue weighted by Crippen LogP contribution is -2.58. The number of hydrogen-bond donors (Lipinski definition) is 2. The molecule has 28 heavy (non-hydrogen) atoms. The maximum atomic E-state index is 12.9. The van der Waals surface area contributed by atoms with Crippen LogP contribution in [0.15, 0.2) is 0 Å². The molecule has 0 spiro atoms. The number of amides is 2. The van der Waals surface area contributed by atoms with Crippen LogP contribution in [0, 0.1) is 35.0 Å². The SMILES string of the molecule is CCN(CC)C(=O)C(C)[C@@H]1CC[C@@]2(C)CC[C@H](NC(=O)C3CC3)[C@@H](C)[C@@H]2[C@H]1O. The van der Waals surface area contributed by atoms with Gasteiger partial charge in [0.2, 0.25) is 11.8 Å². The van der Waals surface area contributed by atoms with Crippen molar-refractivity contribution >= 4 is 11.8 Å². The van der Waals surface area contributed by atoms with E-state index in [9.17, 15) is 14.7 Å². The number of nitrogens with zero attached hydrogens (tertiary/aromatic N) is 1. The van der Waals surface area contributed by atoms with E-state index in [0.717, 1.165) is 51.6 Å². The van der Waals surface area contributed by atoms with Crippen molar-refractivity contribution in [2.24, 2.45) is 35.0 Å². The van der Waals surface area contributed by atoms with Gasteiger partial charge in [-0.25, -0.2) is 0 Å². The van der Waals surface area contributed by atoms with E-state index in [1.807, 2.05) is 25.7 Å². The summed E-state index contributed by atoms with van der Waals surface area (Å²) in [7, 11) is 0. The number of hydrogen-bond acceptors (Lipinski definition) is 3. The molecule has 3 rings (SSSR count). The van der Waals surface area contributed by atoms with Gasteiger partial charge in [0.25, 0.3) is 0 Å². The summed E-state index contributed by atoms with van der Waals surface area (Å²) in [5.41, 5.74) is 0.105. The van der Waals surface area contributed by atoms with Gasteiger partial charge in [-0.1, -0.05) is 20.8 Å². The zero-order valence-corrected chi connectivity index (χ0v) is 18.4. The van der Waals surface area contributed by atoms with E-state index in [2.05, 4.69) is 19.2 Å². The molecule has 0 aromatic heterocycles. The highest BCUT2D eigenvalue weighted by Crippen LogP contribution is 2.55. The standard InChI is InChI=1S/C23H40N2O3/c1-6-25(7-2)22(28)14(3)17-10-12-23(5)13-11-18(15(4)19(23)20(17)26)24-21(27)16-8-9-16/h14-20,26H,6-13H2,1-5H3,(H,24,27)/t14?,15-,17+,18+,19-,20+,23+/m1/s1. The van der Waals surface area contributed by atoms with Crippen LogP contribution in [-0.4, -0.2) is 47.1 Å². The molecule has 0 saturated heterocycles. The minimum Gasteiger partial charge on any atom is -0.392 e. The number of aliphatic hydroxyl groups is 1. The number of fused-ring (bicyclic) bond motifs is 1. The van der Waals surface area contributed by atoms with Gasteiger partial charge in [0, 0.05) is 31.0 Å². The third-order valence-electron chi connectivity index (χ3n) is 8.27. The van der Waals surface area contributed by atoms with E-state index in [-0.39, 0.29) is 52.9 Å². The number of carbonyl (C=O) groups is 2. The fourth-order valence-electron chi connectivity index (χ4n) is 6.15.